The lowest BCUT2D eigenvalue weighted by Gasteiger charge is -2.31. The molecule has 1 aliphatic heterocycles. The van der Waals surface area contributed by atoms with Gasteiger partial charge in [0.2, 0.25) is 0 Å². The van der Waals surface area contributed by atoms with E-state index < -0.39 is 0 Å². The largest absolute Gasteiger partial charge is 0.472 e. The number of nitrogens with zero attached hydrogens (tertiary/aromatic N) is 1. The molecule has 0 N–H and O–H groups in total. The summed E-state index contributed by atoms with van der Waals surface area (Å²) in [5.74, 6) is 2.53. The zero-order valence-corrected chi connectivity index (χ0v) is 8.72. The van der Waals surface area contributed by atoms with Crippen molar-refractivity contribution in [2.24, 2.45) is 0 Å². The van der Waals surface area contributed by atoms with Crippen LogP contribution in [-0.2, 0) is 0 Å². The number of hydrogen-bond acceptors (Lipinski definition) is 3. The van der Waals surface area contributed by atoms with Crippen LogP contribution in [0.15, 0.2) is 23.0 Å². The maximum Gasteiger partial charge on any atom is 0.0950 e. The lowest BCUT2D eigenvalue weighted by molar-refractivity contribution is 0.232. The fourth-order valence-corrected chi connectivity index (χ4v) is 2.62. The molecule has 0 amide bonds. The third kappa shape index (κ3) is 2.09. The van der Waals surface area contributed by atoms with Gasteiger partial charge in [-0.15, -0.1) is 0 Å². The molecule has 1 aliphatic rings. The van der Waals surface area contributed by atoms with Crippen molar-refractivity contribution in [2.45, 2.75) is 13.0 Å². The van der Waals surface area contributed by atoms with Crippen LogP contribution in [0.4, 0.5) is 0 Å². The van der Waals surface area contributed by atoms with Crippen molar-refractivity contribution in [1.82, 2.24) is 4.90 Å². The maximum atomic E-state index is 5.09. The minimum Gasteiger partial charge on any atom is -0.472 e. The molecule has 0 aliphatic carbocycles. The Balaban J connectivity index is 1.99. The van der Waals surface area contributed by atoms with E-state index in [2.05, 4.69) is 17.9 Å². The molecular weight excluding hydrogens is 182 g/mol. The van der Waals surface area contributed by atoms with E-state index in [0.717, 1.165) is 0 Å². The summed E-state index contributed by atoms with van der Waals surface area (Å²) < 4.78 is 5.09. The third-order valence-corrected chi connectivity index (χ3v) is 3.56. The van der Waals surface area contributed by atoms with E-state index in [4.69, 9.17) is 4.42 Å². The second-order valence-corrected chi connectivity index (χ2v) is 4.61. The number of hydrogen-bond donors (Lipinski definition) is 0. The molecule has 0 saturated carbocycles. The quantitative estimate of drug-likeness (QED) is 0.724. The van der Waals surface area contributed by atoms with Crippen LogP contribution >= 0.6 is 11.8 Å². The third-order valence-electron chi connectivity index (χ3n) is 2.62. The summed E-state index contributed by atoms with van der Waals surface area (Å²) in [7, 11) is 0. The Morgan fingerprint density at radius 1 is 1.46 bits per heavy atom. The molecule has 2 heterocycles. The highest BCUT2D eigenvalue weighted by Gasteiger charge is 2.18. The summed E-state index contributed by atoms with van der Waals surface area (Å²) in [6, 6.07) is 2.58. The van der Waals surface area contributed by atoms with Gasteiger partial charge in [-0.2, -0.15) is 11.8 Å². The van der Waals surface area contributed by atoms with Gasteiger partial charge < -0.3 is 4.42 Å². The molecule has 1 fully saturated rings. The van der Waals surface area contributed by atoms with Crippen molar-refractivity contribution in [3.63, 3.8) is 0 Å². The van der Waals surface area contributed by atoms with Gasteiger partial charge in [-0.3, -0.25) is 4.90 Å². The molecule has 2 rings (SSSR count). The lowest BCUT2D eigenvalue weighted by Crippen LogP contribution is -2.34. The molecule has 2 nitrogen and oxygen atoms in total. The number of furan rings is 1. The topological polar surface area (TPSA) is 16.4 Å². The molecule has 13 heavy (non-hydrogen) atoms. The van der Waals surface area contributed by atoms with E-state index in [-0.39, 0.29) is 0 Å². The number of rotatable bonds is 2. The SMILES string of the molecule is CC(c1ccoc1)N1CCSCC1. The van der Waals surface area contributed by atoms with Gasteiger partial charge in [0, 0.05) is 36.2 Å². The van der Waals surface area contributed by atoms with Crippen LogP contribution in [0.1, 0.15) is 18.5 Å². The van der Waals surface area contributed by atoms with Crippen LogP contribution in [0, 0.1) is 0 Å². The van der Waals surface area contributed by atoms with Crippen LogP contribution in [0.3, 0.4) is 0 Å². The normalized spacial score (nSPS) is 21.6. The average Bonchev–Trinajstić information content (AvgIpc) is 2.71. The average molecular weight is 197 g/mol. The summed E-state index contributed by atoms with van der Waals surface area (Å²) in [5, 5.41) is 0. The molecule has 1 saturated heterocycles. The fourth-order valence-electron chi connectivity index (χ4n) is 1.69. The van der Waals surface area contributed by atoms with E-state index >= 15 is 0 Å². The monoisotopic (exact) mass is 197 g/mol. The highest BCUT2D eigenvalue weighted by Crippen LogP contribution is 2.23. The summed E-state index contributed by atoms with van der Waals surface area (Å²) >= 11 is 2.05. The van der Waals surface area contributed by atoms with Crippen LogP contribution in [0.25, 0.3) is 0 Å². The van der Waals surface area contributed by atoms with Crippen molar-refractivity contribution in [1.29, 1.82) is 0 Å². The van der Waals surface area contributed by atoms with Crippen LogP contribution in [0.2, 0.25) is 0 Å². The molecule has 0 radical (unpaired) electrons. The zero-order chi connectivity index (χ0) is 9.10. The first-order valence-corrected chi connectivity index (χ1v) is 5.87. The van der Waals surface area contributed by atoms with E-state index in [1.54, 1.807) is 6.26 Å². The Hall–Kier alpha value is -0.410. The van der Waals surface area contributed by atoms with Gasteiger partial charge in [-0.25, -0.2) is 0 Å². The highest BCUT2D eigenvalue weighted by atomic mass is 32.2. The minimum absolute atomic E-state index is 0.514. The van der Waals surface area contributed by atoms with Crippen LogP contribution in [-0.4, -0.2) is 29.5 Å². The van der Waals surface area contributed by atoms with Crippen LogP contribution in [0.5, 0.6) is 0 Å². The van der Waals surface area contributed by atoms with Gasteiger partial charge in [0.1, 0.15) is 0 Å². The van der Waals surface area contributed by atoms with Crippen LogP contribution < -0.4 is 0 Å². The maximum absolute atomic E-state index is 5.09. The Labute approximate surface area is 83.3 Å². The number of thioether (sulfide) groups is 1. The van der Waals surface area contributed by atoms with Gasteiger partial charge in [-0.1, -0.05) is 0 Å². The van der Waals surface area contributed by atoms with Gasteiger partial charge in [0.05, 0.1) is 12.5 Å². The molecule has 1 aromatic heterocycles. The smallest absolute Gasteiger partial charge is 0.0950 e. The molecule has 72 valence electrons. The molecule has 0 bridgehead atoms. The first-order valence-electron chi connectivity index (χ1n) is 4.72. The van der Waals surface area contributed by atoms with E-state index in [9.17, 15) is 0 Å². The Morgan fingerprint density at radius 2 is 2.23 bits per heavy atom. The molecule has 0 aromatic carbocycles. The van der Waals surface area contributed by atoms with Crippen molar-refractivity contribution in [3.05, 3.63) is 24.2 Å². The standard InChI is InChI=1S/C10H15NOS/c1-9(10-2-5-12-8-10)11-3-6-13-7-4-11/h2,5,8-9H,3-4,6-7H2,1H3. The van der Waals surface area contributed by atoms with E-state index in [0.29, 0.717) is 6.04 Å². The zero-order valence-electron chi connectivity index (χ0n) is 7.90. The Kier molecular flexibility index (Phi) is 2.96. The predicted molar refractivity (Wildman–Crippen MR) is 56.0 cm³/mol. The lowest BCUT2D eigenvalue weighted by atomic mass is 10.1. The van der Waals surface area contributed by atoms with Crippen molar-refractivity contribution in [3.8, 4) is 0 Å². The summed E-state index contributed by atoms with van der Waals surface area (Å²) in [6.07, 6.45) is 3.61. The van der Waals surface area contributed by atoms with Crippen molar-refractivity contribution in [2.75, 3.05) is 24.6 Å². The molecule has 1 atom stereocenters. The second-order valence-electron chi connectivity index (χ2n) is 3.38. The molecule has 1 unspecified atom stereocenters. The highest BCUT2D eigenvalue weighted by molar-refractivity contribution is 7.99. The first-order chi connectivity index (χ1) is 6.38. The molecule has 3 heteroatoms. The summed E-state index contributed by atoms with van der Waals surface area (Å²) in [4.78, 5) is 2.52. The van der Waals surface area contributed by atoms with Gasteiger partial charge in [0.15, 0.2) is 0 Å². The Morgan fingerprint density at radius 3 is 2.85 bits per heavy atom. The van der Waals surface area contributed by atoms with E-state index in [1.165, 1.54) is 30.2 Å². The summed E-state index contributed by atoms with van der Waals surface area (Å²) in [6.45, 7) is 4.66. The predicted octanol–water partition coefficient (Wildman–Crippen LogP) is 2.39. The summed E-state index contributed by atoms with van der Waals surface area (Å²) in [5.41, 5.74) is 1.30. The Bertz CT molecular complexity index is 241. The minimum atomic E-state index is 0.514. The van der Waals surface area contributed by atoms with Gasteiger partial charge in [-0.05, 0) is 13.0 Å². The molecule has 1 aromatic rings. The molecular formula is C10H15NOS. The van der Waals surface area contributed by atoms with E-state index in [1.807, 2.05) is 18.0 Å². The van der Waals surface area contributed by atoms with Gasteiger partial charge >= 0.3 is 0 Å². The second kappa shape index (κ2) is 4.20. The first kappa shape index (κ1) is 9.16. The van der Waals surface area contributed by atoms with Crippen molar-refractivity contribution >= 4 is 11.8 Å². The van der Waals surface area contributed by atoms with Crippen molar-refractivity contribution < 1.29 is 4.42 Å². The molecule has 0 spiro atoms. The fraction of sp³-hybridized carbons (Fsp3) is 0.600. The van der Waals surface area contributed by atoms with Gasteiger partial charge in [0.25, 0.3) is 0 Å².